The molecule has 0 saturated carbocycles. The van der Waals surface area contributed by atoms with Crippen LogP contribution in [0.4, 0.5) is 20.2 Å². The number of hydrogen-bond donors (Lipinski definition) is 2. The number of carbonyl (C=O) groups is 4. The van der Waals surface area contributed by atoms with Crippen LogP contribution in [0, 0.1) is 11.6 Å². The molecule has 2 N–H and O–H groups in total. The number of hydrogen-bond acceptors (Lipinski definition) is 8. The number of amides is 4. The largest absolute Gasteiger partial charge is 0.326 e. The first-order valence-corrected chi connectivity index (χ1v) is 13.5. The summed E-state index contributed by atoms with van der Waals surface area (Å²) in [6.45, 7) is -0.0638. The van der Waals surface area contributed by atoms with E-state index in [4.69, 9.17) is 24.4 Å². The van der Waals surface area contributed by atoms with Crippen molar-refractivity contribution in [2.24, 2.45) is 0 Å². The van der Waals surface area contributed by atoms with Gasteiger partial charge in [0.25, 0.3) is 11.8 Å². The van der Waals surface area contributed by atoms with Crippen LogP contribution in [0.1, 0.15) is 12.8 Å². The van der Waals surface area contributed by atoms with Gasteiger partial charge in [-0.3, -0.25) is 29.0 Å². The lowest BCUT2D eigenvalue weighted by atomic mass is 10.3. The quantitative estimate of drug-likeness (QED) is 0.347. The molecule has 4 rings (SSSR count). The molecule has 14 heteroatoms. The zero-order chi connectivity index (χ0) is 27.4. The first-order chi connectivity index (χ1) is 18.1. The fourth-order valence-corrected chi connectivity index (χ4v) is 6.23. The normalized spacial score (nSPS) is 17.4. The zero-order valence-corrected chi connectivity index (χ0v) is 22.6. The Kier molecular flexibility index (Phi) is 8.87. The molecule has 0 aliphatic carbocycles. The summed E-state index contributed by atoms with van der Waals surface area (Å²) in [5.74, 6) is -2.92. The number of nitrogens with zero attached hydrogens (tertiary/aromatic N) is 2. The number of thioether (sulfide) groups is 2. The third-order valence-corrected chi connectivity index (χ3v) is 8.27. The minimum Gasteiger partial charge on any atom is -0.326 e. The van der Waals surface area contributed by atoms with E-state index in [0.29, 0.717) is 0 Å². The Labute approximate surface area is 235 Å². The molecule has 2 fully saturated rings. The standard InChI is InChI=1S/C24H18F2N4O4S4/c25-13-3-1-5-15(11-13)27-17(31)7-9-29-21(33)19(37-23(29)35)20-22(34)30(24(36)38-20)10-8-18(32)28-16-6-2-4-14(26)12-16/h1-6,11-12H,7-10H2,(H,27,31)(H,28,32). The van der Waals surface area contributed by atoms with Gasteiger partial charge in [0, 0.05) is 37.3 Å². The first kappa shape index (κ1) is 27.8. The highest BCUT2D eigenvalue weighted by Crippen LogP contribution is 2.42. The van der Waals surface area contributed by atoms with Crippen LogP contribution in [0.5, 0.6) is 0 Å². The minimum atomic E-state index is -0.525. The molecule has 0 spiro atoms. The Balaban J connectivity index is 1.35. The highest BCUT2D eigenvalue weighted by atomic mass is 32.2. The Morgan fingerprint density at radius 3 is 1.50 bits per heavy atom. The molecule has 0 aromatic heterocycles. The van der Waals surface area contributed by atoms with Crippen molar-refractivity contribution in [1.29, 1.82) is 0 Å². The van der Waals surface area contributed by atoms with Gasteiger partial charge in [-0.15, -0.1) is 0 Å². The summed E-state index contributed by atoms with van der Waals surface area (Å²) in [7, 11) is 0. The summed E-state index contributed by atoms with van der Waals surface area (Å²) in [5.41, 5.74) is 0.572. The summed E-state index contributed by atoms with van der Waals surface area (Å²) in [6.07, 6.45) is -0.199. The van der Waals surface area contributed by atoms with Crippen molar-refractivity contribution in [2.75, 3.05) is 23.7 Å². The Bertz CT molecular complexity index is 1300. The van der Waals surface area contributed by atoms with Gasteiger partial charge in [-0.05, 0) is 36.4 Å². The van der Waals surface area contributed by atoms with E-state index in [1.165, 1.54) is 58.3 Å². The van der Waals surface area contributed by atoms with Gasteiger partial charge in [0.05, 0.1) is 9.81 Å². The van der Waals surface area contributed by atoms with Crippen molar-refractivity contribution < 1.29 is 28.0 Å². The van der Waals surface area contributed by atoms with Gasteiger partial charge in [-0.2, -0.15) is 0 Å². The number of rotatable bonds is 8. The van der Waals surface area contributed by atoms with Crippen LogP contribution in [0.25, 0.3) is 0 Å². The van der Waals surface area contributed by atoms with Crippen LogP contribution in [0.2, 0.25) is 0 Å². The first-order valence-electron chi connectivity index (χ1n) is 11.0. The van der Waals surface area contributed by atoms with E-state index >= 15 is 0 Å². The van der Waals surface area contributed by atoms with Gasteiger partial charge in [-0.1, -0.05) is 60.1 Å². The predicted molar refractivity (Wildman–Crippen MR) is 150 cm³/mol. The molecule has 196 valence electrons. The number of carbonyl (C=O) groups excluding carboxylic acids is 4. The van der Waals surface area contributed by atoms with Crippen molar-refractivity contribution in [3.63, 3.8) is 0 Å². The molecule has 2 aromatic carbocycles. The van der Waals surface area contributed by atoms with Gasteiger partial charge in [-0.25, -0.2) is 8.78 Å². The number of benzene rings is 2. The monoisotopic (exact) mass is 592 g/mol. The average Bonchev–Trinajstić information content (AvgIpc) is 3.29. The molecule has 8 nitrogen and oxygen atoms in total. The summed E-state index contributed by atoms with van der Waals surface area (Å²) >= 11 is 12.4. The fraction of sp³-hybridized carbons (Fsp3) is 0.167. The smallest absolute Gasteiger partial charge is 0.267 e. The third-order valence-electron chi connectivity index (χ3n) is 5.25. The van der Waals surface area contributed by atoms with Gasteiger partial charge in [0.1, 0.15) is 20.3 Å². The molecule has 0 unspecified atom stereocenters. The number of halogens is 2. The van der Waals surface area contributed by atoms with Crippen LogP contribution in [-0.2, 0) is 19.2 Å². The summed E-state index contributed by atoms with van der Waals surface area (Å²) in [4.78, 5) is 53.2. The van der Waals surface area contributed by atoms with Crippen molar-refractivity contribution in [1.82, 2.24) is 9.80 Å². The van der Waals surface area contributed by atoms with Crippen LogP contribution in [0.15, 0.2) is 58.3 Å². The van der Waals surface area contributed by atoms with Crippen molar-refractivity contribution in [3.05, 3.63) is 70.0 Å². The molecule has 2 aromatic rings. The molecule has 2 heterocycles. The second-order valence-electron chi connectivity index (χ2n) is 7.92. The van der Waals surface area contributed by atoms with E-state index in [1.54, 1.807) is 0 Å². The molecule has 38 heavy (non-hydrogen) atoms. The fourth-order valence-electron chi connectivity index (χ4n) is 3.46. The van der Waals surface area contributed by atoms with Crippen molar-refractivity contribution in [3.8, 4) is 0 Å². The third kappa shape index (κ3) is 6.62. The van der Waals surface area contributed by atoms with E-state index in [-0.39, 0.29) is 55.8 Å². The molecular formula is C24H18F2N4O4S4. The zero-order valence-electron chi connectivity index (χ0n) is 19.4. The van der Waals surface area contributed by atoms with Gasteiger partial charge >= 0.3 is 0 Å². The highest BCUT2D eigenvalue weighted by molar-refractivity contribution is 8.29. The molecule has 2 saturated heterocycles. The Morgan fingerprint density at radius 2 is 1.13 bits per heavy atom. The van der Waals surface area contributed by atoms with E-state index in [2.05, 4.69) is 10.6 Å². The summed E-state index contributed by atoms with van der Waals surface area (Å²) in [5, 5.41) is 5.10. The molecular weight excluding hydrogens is 575 g/mol. The number of anilines is 2. The SMILES string of the molecule is O=C(CCN1C(=O)C(=C2SC(=S)N(CCC(=O)Nc3cccc(F)c3)C2=O)SC1=S)Nc1cccc(F)c1. The van der Waals surface area contributed by atoms with Crippen LogP contribution in [-0.4, -0.2) is 55.2 Å². The molecule has 2 aliphatic heterocycles. The van der Waals surface area contributed by atoms with Crippen molar-refractivity contribution >= 4 is 91.6 Å². The summed E-state index contributed by atoms with van der Waals surface area (Å²) < 4.78 is 27.0. The second-order valence-corrected chi connectivity index (χ2v) is 11.2. The number of nitrogens with one attached hydrogen (secondary N) is 2. The topological polar surface area (TPSA) is 98.8 Å². The number of thiocarbonyl (C=S) groups is 2. The molecule has 0 radical (unpaired) electrons. The van der Waals surface area contributed by atoms with Gasteiger partial charge in [0.2, 0.25) is 11.8 Å². The van der Waals surface area contributed by atoms with Gasteiger partial charge < -0.3 is 10.6 Å². The molecule has 0 atom stereocenters. The van der Waals surface area contributed by atoms with Crippen molar-refractivity contribution in [2.45, 2.75) is 12.8 Å². The highest BCUT2D eigenvalue weighted by Gasteiger charge is 2.42. The molecule has 0 bridgehead atoms. The van der Waals surface area contributed by atoms with E-state index in [1.807, 2.05) is 0 Å². The molecule has 4 amide bonds. The lowest BCUT2D eigenvalue weighted by molar-refractivity contribution is -0.125. The predicted octanol–water partition coefficient (Wildman–Crippen LogP) is 4.25. The maximum Gasteiger partial charge on any atom is 0.267 e. The average molecular weight is 593 g/mol. The van der Waals surface area contributed by atoms with E-state index in [9.17, 15) is 28.0 Å². The molecule has 2 aliphatic rings. The maximum absolute atomic E-state index is 13.3. The Hall–Kier alpha value is -3.20. The maximum atomic E-state index is 13.3. The van der Waals surface area contributed by atoms with Crippen LogP contribution < -0.4 is 10.6 Å². The van der Waals surface area contributed by atoms with Crippen LogP contribution in [0.3, 0.4) is 0 Å². The van der Waals surface area contributed by atoms with Gasteiger partial charge in [0.15, 0.2) is 0 Å². The summed E-state index contributed by atoms with van der Waals surface area (Å²) in [6, 6.07) is 10.8. The van der Waals surface area contributed by atoms with E-state index in [0.717, 1.165) is 23.5 Å². The lowest BCUT2D eigenvalue weighted by Crippen LogP contribution is -2.33. The lowest BCUT2D eigenvalue weighted by Gasteiger charge is -2.14. The second kappa shape index (κ2) is 12.1. The minimum absolute atomic E-state index is 0.0319. The van der Waals surface area contributed by atoms with Crippen LogP contribution >= 0.6 is 48.0 Å². The Morgan fingerprint density at radius 1 is 0.737 bits per heavy atom. The van der Waals surface area contributed by atoms with E-state index < -0.39 is 35.3 Å².